The monoisotopic (exact) mass is 504 g/mol. The Labute approximate surface area is 214 Å². The molecule has 1 saturated heterocycles. The molecular weight excluding hydrogens is 467 g/mol. The fourth-order valence-electron chi connectivity index (χ4n) is 4.52. The molecule has 0 aromatic heterocycles. The lowest BCUT2D eigenvalue weighted by molar-refractivity contribution is 0.157. The number of benzene rings is 2. The summed E-state index contributed by atoms with van der Waals surface area (Å²) >= 11 is 12.2. The highest BCUT2D eigenvalue weighted by molar-refractivity contribution is 6.42. The largest absolute Gasteiger partial charge is 0.334 e. The Morgan fingerprint density at radius 2 is 1.79 bits per heavy atom. The molecule has 0 radical (unpaired) electrons. The lowest BCUT2D eigenvalue weighted by Crippen LogP contribution is -2.49. The van der Waals surface area contributed by atoms with E-state index in [2.05, 4.69) is 46.4 Å². The number of anilines is 1. The molecule has 3 rings (SSSR count). The zero-order chi connectivity index (χ0) is 24.7. The summed E-state index contributed by atoms with van der Waals surface area (Å²) in [5, 5.41) is 7.46. The number of rotatable bonds is 9. The second-order valence-corrected chi connectivity index (χ2v) is 10.9. The van der Waals surface area contributed by atoms with Crippen molar-refractivity contribution in [3.63, 3.8) is 0 Å². The van der Waals surface area contributed by atoms with Gasteiger partial charge in [-0.3, -0.25) is 0 Å². The predicted molar refractivity (Wildman–Crippen MR) is 144 cm³/mol. The van der Waals surface area contributed by atoms with Crippen LogP contribution in [0.15, 0.2) is 42.5 Å². The summed E-state index contributed by atoms with van der Waals surface area (Å²) in [6.07, 6.45) is 3.33. The van der Waals surface area contributed by atoms with Crippen molar-refractivity contribution in [3.05, 3.63) is 63.6 Å². The number of halogens is 2. The van der Waals surface area contributed by atoms with Crippen LogP contribution in [0.2, 0.25) is 10.0 Å². The number of nitrogens with one attached hydrogen (secondary N) is 2. The van der Waals surface area contributed by atoms with Gasteiger partial charge >= 0.3 is 6.03 Å². The predicted octanol–water partition coefficient (Wildman–Crippen LogP) is 6.16. The van der Waals surface area contributed by atoms with Gasteiger partial charge in [0.25, 0.3) is 0 Å². The minimum absolute atomic E-state index is 0.0941. The zero-order valence-electron chi connectivity index (χ0n) is 20.8. The highest BCUT2D eigenvalue weighted by Gasteiger charge is 2.24. The maximum atomic E-state index is 12.7. The fraction of sp³-hybridized carbons (Fsp3) is 0.519. The van der Waals surface area contributed by atoms with Crippen LogP contribution in [-0.4, -0.2) is 55.6 Å². The van der Waals surface area contributed by atoms with Gasteiger partial charge in [-0.05, 0) is 93.7 Å². The first-order valence-corrected chi connectivity index (χ1v) is 12.9. The Balaban J connectivity index is 1.47. The molecule has 0 saturated carbocycles. The molecule has 1 atom stereocenters. The van der Waals surface area contributed by atoms with E-state index in [1.807, 2.05) is 44.4 Å². The van der Waals surface area contributed by atoms with E-state index < -0.39 is 0 Å². The van der Waals surface area contributed by atoms with E-state index in [9.17, 15) is 4.79 Å². The minimum atomic E-state index is -0.143. The quantitative estimate of drug-likeness (QED) is 0.430. The molecule has 2 aromatic carbocycles. The van der Waals surface area contributed by atoms with Gasteiger partial charge < -0.3 is 20.4 Å². The van der Waals surface area contributed by atoms with E-state index in [4.69, 9.17) is 23.2 Å². The SMILES string of the molecule is CC(C)C(CN1CCC(Cc2ccc(Cl)c(Cl)c2)CC1)NC(=O)Nc1cccc(CN(C)C)c1. The molecule has 1 heterocycles. The molecule has 1 aliphatic heterocycles. The topological polar surface area (TPSA) is 47.6 Å². The van der Waals surface area contributed by atoms with Gasteiger partial charge in [-0.25, -0.2) is 4.79 Å². The molecule has 1 fully saturated rings. The number of carbonyl (C=O) groups is 1. The standard InChI is InChI=1S/C27H38Cl2N4O/c1-19(2)26(31-27(34)30-23-7-5-6-22(15-23)17-32(3)4)18-33-12-10-20(11-13-33)14-21-8-9-24(28)25(29)16-21/h5-9,15-16,19-20,26H,10-14,17-18H2,1-4H3,(H2,30,31,34). The molecule has 2 N–H and O–H groups in total. The Bertz CT molecular complexity index is 942. The van der Waals surface area contributed by atoms with Crippen LogP contribution in [-0.2, 0) is 13.0 Å². The summed E-state index contributed by atoms with van der Waals surface area (Å²) < 4.78 is 0. The van der Waals surface area contributed by atoms with E-state index in [1.54, 1.807) is 0 Å². The van der Waals surface area contributed by atoms with Gasteiger partial charge in [0, 0.05) is 24.8 Å². The molecule has 0 spiro atoms. The van der Waals surface area contributed by atoms with Crippen molar-refractivity contribution in [3.8, 4) is 0 Å². The molecule has 1 aliphatic rings. The van der Waals surface area contributed by atoms with Gasteiger partial charge in [-0.1, -0.05) is 55.2 Å². The van der Waals surface area contributed by atoms with Gasteiger partial charge in [-0.2, -0.15) is 0 Å². The summed E-state index contributed by atoms with van der Waals surface area (Å²) in [6, 6.07) is 13.9. The van der Waals surface area contributed by atoms with Crippen LogP contribution in [0.25, 0.3) is 0 Å². The van der Waals surface area contributed by atoms with Crippen molar-refractivity contribution in [2.45, 2.75) is 45.7 Å². The van der Waals surface area contributed by atoms with E-state index in [1.165, 1.54) is 11.1 Å². The van der Waals surface area contributed by atoms with Gasteiger partial charge in [-0.15, -0.1) is 0 Å². The molecule has 2 aromatic rings. The first-order valence-electron chi connectivity index (χ1n) is 12.2. The number of piperidine rings is 1. The van der Waals surface area contributed by atoms with Crippen LogP contribution < -0.4 is 10.6 Å². The number of carbonyl (C=O) groups excluding carboxylic acids is 1. The minimum Gasteiger partial charge on any atom is -0.334 e. The van der Waals surface area contributed by atoms with Crippen molar-refractivity contribution in [2.24, 2.45) is 11.8 Å². The molecule has 1 unspecified atom stereocenters. The number of amides is 2. The number of likely N-dealkylation sites (tertiary alicyclic amines) is 1. The molecule has 34 heavy (non-hydrogen) atoms. The van der Waals surface area contributed by atoms with Crippen LogP contribution in [0.3, 0.4) is 0 Å². The highest BCUT2D eigenvalue weighted by Crippen LogP contribution is 2.27. The smallest absolute Gasteiger partial charge is 0.319 e. The summed E-state index contributed by atoms with van der Waals surface area (Å²) in [5.41, 5.74) is 3.25. The first-order chi connectivity index (χ1) is 16.2. The van der Waals surface area contributed by atoms with Gasteiger partial charge in [0.1, 0.15) is 0 Å². The molecular formula is C27H38Cl2N4O. The highest BCUT2D eigenvalue weighted by atomic mass is 35.5. The average Bonchev–Trinajstić information content (AvgIpc) is 2.77. The number of hydrogen-bond acceptors (Lipinski definition) is 3. The zero-order valence-corrected chi connectivity index (χ0v) is 22.3. The van der Waals surface area contributed by atoms with E-state index >= 15 is 0 Å². The lowest BCUT2D eigenvalue weighted by atomic mass is 9.89. The van der Waals surface area contributed by atoms with Crippen molar-refractivity contribution >= 4 is 34.9 Å². The normalized spacial score (nSPS) is 16.1. The fourth-order valence-corrected chi connectivity index (χ4v) is 4.84. The van der Waals surface area contributed by atoms with Gasteiger partial charge in [0.2, 0.25) is 0 Å². The Hall–Kier alpha value is -1.79. The number of urea groups is 1. The van der Waals surface area contributed by atoms with Gasteiger partial charge in [0.05, 0.1) is 10.0 Å². The average molecular weight is 506 g/mol. The van der Waals surface area contributed by atoms with Crippen LogP contribution in [0.5, 0.6) is 0 Å². The van der Waals surface area contributed by atoms with Crippen LogP contribution in [0.4, 0.5) is 10.5 Å². The Morgan fingerprint density at radius 3 is 2.44 bits per heavy atom. The van der Waals surface area contributed by atoms with E-state index in [0.29, 0.717) is 21.9 Å². The van der Waals surface area contributed by atoms with Crippen LogP contribution in [0, 0.1) is 11.8 Å². The van der Waals surface area contributed by atoms with E-state index in [0.717, 1.165) is 51.1 Å². The summed E-state index contributed by atoms with van der Waals surface area (Å²) in [5.74, 6) is 0.997. The first kappa shape index (κ1) is 26.8. The van der Waals surface area contributed by atoms with Crippen molar-refractivity contribution in [1.29, 1.82) is 0 Å². The van der Waals surface area contributed by atoms with Gasteiger partial charge in [0.15, 0.2) is 0 Å². The van der Waals surface area contributed by atoms with Crippen LogP contribution in [0.1, 0.15) is 37.8 Å². The second kappa shape index (κ2) is 12.8. The molecule has 7 heteroatoms. The summed E-state index contributed by atoms with van der Waals surface area (Å²) in [6.45, 7) is 8.13. The maximum absolute atomic E-state index is 12.7. The third kappa shape index (κ3) is 8.46. The third-order valence-corrected chi connectivity index (χ3v) is 7.21. The second-order valence-electron chi connectivity index (χ2n) is 10.1. The maximum Gasteiger partial charge on any atom is 0.319 e. The van der Waals surface area contributed by atoms with E-state index in [-0.39, 0.29) is 12.1 Å². The molecule has 5 nitrogen and oxygen atoms in total. The molecule has 186 valence electrons. The molecule has 2 amide bonds. The number of hydrogen-bond donors (Lipinski definition) is 2. The molecule has 0 aliphatic carbocycles. The van der Waals surface area contributed by atoms with Crippen molar-refractivity contribution < 1.29 is 4.79 Å². The molecule has 0 bridgehead atoms. The third-order valence-electron chi connectivity index (χ3n) is 6.48. The van der Waals surface area contributed by atoms with Crippen molar-refractivity contribution in [1.82, 2.24) is 15.1 Å². The van der Waals surface area contributed by atoms with Crippen LogP contribution >= 0.6 is 23.2 Å². The summed E-state index contributed by atoms with van der Waals surface area (Å²) in [7, 11) is 4.08. The lowest BCUT2D eigenvalue weighted by Gasteiger charge is -2.35. The van der Waals surface area contributed by atoms with Crippen molar-refractivity contribution in [2.75, 3.05) is 39.0 Å². The number of nitrogens with zero attached hydrogens (tertiary/aromatic N) is 2. The Morgan fingerprint density at radius 1 is 1.06 bits per heavy atom. The Kier molecular flexibility index (Phi) is 10.1. The summed E-state index contributed by atoms with van der Waals surface area (Å²) in [4.78, 5) is 17.3.